The smallest absolute Gasteiger partial charge is 0.0440 e. The van der Waals surface area contributed by atoms with Gasteiger partial charge in [0.1, 0.15) is 0 Å². The maximum atomic E-state index is 6.19. The van der Waals surface area contributed by atoms with Crippen LogP contribution in [-0.4, -0.2) is 19.1 Å². The van der Waals surface area contributed by atoms with E-state index in [1.54, 1.807) is 0 Å². The van der Waals surface area contributed by atoms with Crippen LogP contribution in [0.25, 0.3) is 0 Å². The summed E-state index contributed by atoms with van der Waals surface area (Å²) in [6.45, 7) is 1.89. The highest BCUT2D eigenvalue weighted by molar-refractivity contribution is 6.31. The molecule has 0 heterocycles. The van der Waals surface area contributed by atoms with Crippen molar-refractivity contribution in [2.45, 2.75) is 37.6 Å². The Bertz CT molecular complexity index is 348. The third-order valence-electron chi connectivity index (χ3n) is 3.55. The van der Waals surface area contributed by atoms with Crippen LogP contribution in [0, 0.1) is 0 Å². The fourth-order valence-corrected chi connectivity index (χ4v) is 2.71. The van der Waals surface area contributed by atoms with Crippen LogP contribution in [0.3, 0.4) is 0 Å². The molecule has 3 heteroatoms. The molecule has 0 spiro atoms. The zero-order valence-corrected chi connectivity index (χ0v) is 10.9. The molecular weight excluding hydrogens is 232 g/mol. The molecule has 0 aromatic heterocycles. The molecule has 0 aliphatic heterocycles. The first-order valence-corrected chi connectivity index (χ1v) is 6.87. The van der Waals surface area contributed by atoms with E-state index in [9.17, 15) is 0 Å². The van der Waals surface area contributed by atoms with Crippen molar-refractivity contribution in [1.29, 1.82) is 0 Å². The van der Waals surface area contributed by atoms with E-state index >= 15 is 0 Å². The Morgan fingerprint density at radius 2 is 2.00 bits per heavy atom. The molecule has 94 valence electrons. The van der Waals surface area contributed by atoms with Gasteiger partial charge in [-0.2, -0.15) is 0 Å². The van der Waals surface area contributed by atoms with Crippen molar-refractivity contribution in [3.8, 4) is 0 Å². The molecule has 0 radical (unpaired) electrons. The normalized spacial score (nSPS) is 23.4. The number of rotatable bonds is 6. The topological polar surface area (TPSA) is 38.0 Å². The van der Waals surface area contributed by atoms with Crippen molar-refractivity contribution >= 4 is 11.6 Å². The van der Waals surface area contributed by atoms with Gasteiger partial charge in [0, 0.05) is 11.1 Å². The maximum Gasteiger partial charge on any atom is 0.0440 e. The lowest BCUT2D eigenvalue weighted by atomic mass is 9.76. The first-order chi connectivity index (χ1) is 8.31. The molecule has 1 aliphatic rings. The molecule has 1 fully saturated rings. The van der Waals surface area contributed by atoms with Gasteiger partial charge in [0.2, 0.25) is 0 Å². The van der Waals surface area contributed by atoms with E-state index in [1.165, 1.54) is 24.8 Å². The number of benzene rings is 1. The van der Waals surface area contributed by atoms with E-state index in [2.05, 4.69) is 17.4 Å². The monoisotopic (exact) mass is 252 g/mol. The number of hydrogen-bond acceptors (Lipinski definition) is 2. The third kappa shape index (κ3) is 3.44. The van der Waals surface area contributed by atoms with E-state index in [-0.39, 0.29) is 0 Å². The van der Waals surface area contributed by atoms with Crippen molar-refractivity contribution in [3.05, 3.63) is 34.9 Å². The SMILES string of the molecule is NCCCCNC1CC(c2ccccc2Cl)C1. The molecular formula is C14H21ClN2. The van der Waals surface area contributed by atoms with Crippen LogP contribution in [0.1, 0.15) is 37.2 Å². The number of hydrogen-bond donors (Lipinski definition) is 2. The van der Waals surface area contributed by atoms with Gasteiger partial charge in [-0.05, 0) is 56.3 Å². The molecule has 0 unspecified atom stereocenters. The highest BCUT2D eigenvalue weighted by Crippen LogP contribution is 2.39. The minimum atomic E-state index is 0.649. The number of halogens is 1. The van der Waals surface area contributed by atoms with Gasteiger partial charge in [-0.1, -0.05) is 29.8 Å². The van der Waals surface area contributed by atoms with Gasteiger partial charge in [-0.3, -0.25) is 0 Å². The number of nitrogens with two attached hydrogens (primary N) is 1. The van der Waals surface area contributed by atoms with Crippen LogP contribution in [0.4, 0.5) is 0 Å². The summed E-state index contributed by atoms with van der Waals surface area (Å²) in [5.41, 5.74) is 6.78. The highest BCUT2D eigenvalue weighted by atomic mass is 35.5. The average Bonchev–Trinajstić information content (AvgIpc) is 2.28. The Hall–Kier alpha value is -0.570. The molecule has 2 nitrogen and oxygen atoms in total. The summed E-state index contributed by atoms with van der Waals surface area (Å²) >= 11 is 6.19. The molecule has 17 heavy (non-hydrogen) atoms. The Morgan fingerprint density at radius 3 is 2.71 bits per heavy atom. The maximum absolute atomic E-state index is 6.19. The van der Waals surface area contributed by atoms with Crippen LogP contribution in [0.2, 0.25) is 5.02 Å². The summed E-state index contributed by atoms with van der Waals surface area (Å²) in [5.74, 6) is 0.649. The summed E-state index contributed by atoms with van der Waals surface area (Å²) in [6.07, 6.45) is 4.73. The van der Waals surface area contributed by atoms with Crippen LogP contribution in [-0.2, 0) is 0 Å². The van der Waals surface area contributed by atoms with Crippen molar-refractivity contribution in [2.24, 2.45) is 5.73 Å². The van der Waals surface area contributed by atoms with Gasteiger partial charge in [-0.15, -0.1) is 0 Å². The molecule has 1 saturated carbocycles. The van der Waals surface area contributed by atoms with Crippen molar-refractivity contribution < 1.29 is 0 Å². The molecule has 1 aromatic rings. The Kier molecular flexibility index (Phi) is 4.84. The van der Waals surface area contributed by atoms with Gasteiger partial charge < -0.3 is 11.1 Å². The molecule has 0 amide bonds. The van der Waals surface area contributed by atoms with E-state index in [1.807, 2.05) is 12.1 Å². The molecule has 3 N–H and O–H groups in total. The first-order valence-electron chi connectivity index (χ1n) is 6.49. The highest BCUT2D eigenvalue weighted by Gasteiger charge is 2.30. The predicted octanol–water partition coefficient (Wildman–Crippen LogP) is 2.91. The Labute approximate surface area is 109 Å². The lowest BCUT2D eigenvalue weighted by molar-refractivity contribution is 0.290. The third-order valence-corrected chi connectivity index (χ3v) is 3.89. The van der Waals surface area contributed by atoms with Gasteiger partial charge in [0.05, 0.1) is 0 Å². The van der Waals surface area contributed by atoms with Gasteiger partial charge in [0.15, 0.2) is 0 Å². The van der Waals surface area contributed by atoms with Crippen molar-refractivity contribution in [1.82, 2.24) is 5.32 Å². The molecule has 0 saturated heterocycles. The summed E-state index contributed by atoms with van der Waals surface area (Å²) in [4.78, 5) is 0. The van der Waals surface area contributed by atoms with Crippen molar-refractivity contribution in [2.75, 3.05) is 13.1 Å². The van der Waals surface area contributed by atoms with Crippen LogP contribution >= 0.6 is 11.6 Å². The fraction of sp³-hybridized carbons (Fsp3) is 0.571. The number of nitrogens with one attached hydrogen (secondary N) is 1. The fourth-order valence-electron chi connectivity index (χ4n) is 2.42. The standard InChI is InChI=1S/C14H21ClN2/c15-14-6-2-1-5-13(14)11-9-12(10-11)17-8-4-3-7-16/h1-2,5-6,11-12,17H,3-4,7-10,16H2. The molecule has 0 atom stereocenters. The first kappa shape index (κ1) is 12.9. The Balaban J connectivity index is 1.70. The van der Waals surface area contributed by atoms with Gasteiger partial charge >= 0.3 is 0 Å². The van der Waals surface area contributed by atoms with Crippen LogP contribution in [0.5, 0.6) is 0 Å². The van der Waals surface area contributed by atoms with Gasteiger partial charge in [-0.25, -0.2) is 0 Å². The van der Waals surface area contributed by atoms with E-state index in [0.29, 0.717) is 12.0 Å². The second-order valence-corrected chi connectivity index (χ2v) is 5.24. The van der Waals surface area contributed by atoms with Gasteiger partial charge in [0.25, 0.3) is 0 Å². The minimum Gasteiger partial charge on any atom is -0.330 e. The minimum absolute atomic E-state index is 0.649. The molecule has 1 aliphatic carbocycles. The second-order valence-electron chi connectivity index (χ2n) is 4.84. The lowest BCUT2D eigenvalue weighted by Crippen LogP contribution is -2.40. The summed E-state index contributed by atoms with van der Waals surface area (Å²) < 4.78 is 0. The molecule has 2 rings (SSSR count). The molecule has 0 bridgehead atoms. The lowest BCUT2D eigenvalue weighted by Gasteiger charge is -2.36. The van der Waals surface area contributed by atoms with E-state index in [4.69, 9.17) is 17.3 Å². The predicted molar refractivity (Wildman–Crippen MR) is 73.5 cm³/mol. The zero-order valence-electron chi connectivity index (χ0n) is 10.2. The van der Waals surface area contributed by atoms with E-state index in [0.717, 1.165) is 24.5 Å². The number of unbranched alkanes of at least 4 members (excludes halogenated alkanes) is 1. The summed E-state index contributed by atoms with van der Waals surface area (Å²) in [6, 6.07) is 8.88. The second kappa shape index (κ2) is 6.39. The summed E-state index contributed by atoms with van der Waals surface area (Å²) in [7, 11) is 0. The summed E-state index contributed by atoms with van der Waals surface area (Å²) in [5, 5.41) is 4.49. The van der Waals surface area contributed by atoms with E-state index < -0.39 is 0 Å². The Morgan fingerprint density at radius 1 is 1.24 bits per heavy atom. The zero-order chi connectivity index (χ0) is 12.1. The van der Waals surface area contributed by atoms with Crippen molar-refractivity contribution in [3.63, 3.8) is 0 Å². The van der Waals surface area contributed by atoms with Crippen LogP contribution in [0.15, 0.2) is 24.3 Å². The largest absolute Gasteiger partial charge is 0.330 e. The molecule has 1 aromatic carbocycles. The average molecular weight is 253 g/mol. The van der Waals surface area contributed by atoms with Crippen LogP contribution < -0.4 is 11.1 Å². The quantitative estimate of drug-likeness (QED) is 0.764.